The number of halogens is 2. The largest absolute Gasteiger partial charge is 0.508 e. The number of nitrogens with two attached hydrogens (primary N) is 1. The van der Waals surface area contributed by atoms with Crippen LogP contribution in [0.4, 0.5) is 8.78 Å². The summed E-state index contributed by atoms with van der Waals surface area (Å²) in [7, 11) is 0. The number of alkyl halides is 2. The standard InChI is InChI=1S/C9H11F2NO/c10-9(11,6-12)5-7-1-3-8(13)4-2-7/h1-4,13H,5-6,12H2. The Kier molecular flexibility index (Phi) is 2.83. The maximum absolute atomic E-state index is 12.8. The van der Waals surface area contributed by atoms with Gasteiger partial charge >= 0.3 is 0 Å². The summed E-state index contributed by atoms with van der Waals surface area (Å²) in [6, 6.07) is 5.67. The van der Waals surface area contributed by atoms with Gasteiger partial charge < -0.3 is 10.8 Å². The minimum absolute atomic E-state index is 0.0693. The second-order valence-electron chi connectivity index (χ2n) is 2.90. The van der Waals surface area contributed by atoms with Crippen LogP contribution in [0.2, 0.25) is 0 Å². The predicted octanol–water partition coefficient (Wildman–Crippen LogP) is 1.53. The first-order valence-electron chi connectivity index (χ1n) is 3.89. The van der Waals surface area contributed by atoms with E-state index in [2.05, 4.69) is 0 Å². The summed E-state index contributed by atoms with van der Waals surface area (Å²) in [4.78, 5) is 0. The molecular weight excluding hydrogens is 176 g/mol. The van der Waals surface area contributed by atoms with Crippen LogP contribution in [0, 0.1) is 0 Å². The lowest BCUT2D eigenvalue weighted by atomic mass is 10.1. The van der Waals surface area contributed by atoms with Gasteiger partial charge in [-0.25, -0.2) is 8.78 Å². The van der Waals surface area contributed by atoms with E-state index in [0.29, 0.717) is 5.56 Å². The number of rotatable bonds is 3. The number of hydrogen-bond donors (Lipinski definition) is 2. The van der Waals surface area contributed by atoms with Crippen molar-refractivity contribution in [3.8, 4) is 5.75 Å². The third kappa shape index (κ3) is 2.99. The fourth-order valence-electron chi connectivity index (χ4n) is 0.985. The maximum atomic E-state index is 12.8. The van der Waals surface area contributed by atoms with Crippen LogP contribution in [0.25, 0.3) is 0 Å². The Bertz CT molecular complexity index is 271. The highest BCUT2D eigenvalue weighted by molar-refractivity contribution is 5.26. The minimum atomic E-state index is -2.86. The third-order valence-electron chi connectivity index (χ3n) is 1.70. The van der Waals surface area contributed by atoms with Gasteiger partial charge in [0.25, 0.3) is 5.92 Å². The van der Waals surface area contributed by atoms with Crippen molar-refractivity contribution in [2.24, 2.45) is 5.73 Å². The summed E-state index contributed by atoms with van der Waals surface area (Å²) < 4.78 is 25.5. The molecule has 0 saturated heterocycles. The van der Waals surface area contributed by atoms with Crippen LogP contribution in [0.5, 0.6) is 5.75 Å². The first-order valence-corrected chi connectivity index (χ1v) is 3.89. The molecule has 2 nitrogen and oxygen atoms in total. The van der Waals surface area contributed by atoms with Crippen LogP contribution in [-0.4, -0.2) is 17.6 Å². The van der Waals surface area contributed by atoms with E-state index in [9.17, 15) is 8.78 Å². The normalized spacial score (nSPS) is 11.6. The average molecular weight is 187 g/mol. The molecule has 0 aliphatic rings. The smallest absolute Gasteiger partial charge is 0.264 e. The highest BCUT2D eigenvalue weighted by Gasteiger charge is 2.26. The number of phenols is 1. The molecule has 0 radical (unpaired) electrons. The molecule has 0 spiro atoms. The number of hydrogen-bond acceptors (Lipinski definition) is 2. The van der Waals surface area contributed by atoms with Crippen molar-refractivity contribution in [2.75, 3.05) is 6.54 Å². The first kappa shape index (κ1) is 9.92. The van der Waals surface area contributed by atoms with E-state index in [1.807, 2.05) is 0 Å². The van der Waals surface area contributed by atoms with Gasteiger partial charge in [-0.05, 0) is 17.7 Å². The van der Waals surface area contributed by atoms with Crippen molar-refractivity contribution in [1.82, 2.24) is 0 Å². The zero-order chi connectivity index (χ0) is 9.90. The van der Waals surface area contributed by atoms with Crippen molar-refractivity contribution >= 4 is 0 Å². The van der Waals surface area contributed by atoms with Gasteiger partial charge in [0, 0.05) is 6.42 Å². The van der Waals surface area contributed by atoms with E-state index in [1.54, 1.807) is 0 Å². The van der Waals surface area contributed by atoms with Crippen LogP contribution in [0.1, 0.15) is 5.56 Å². The molecule has 1 aromatic carbocycles. The highest BCUT2D eigenvalue weighted by Crippen LogP contribution is 2.19. The zero-order valence-electron chi connectivity index (χ0n) is 7.00. The van der Waals surface area contributed by atoms with Crippen LogP contribution in [0.15, 0.2) is 24.3 Å². The molecule has 0 aliphatic carbocycles. The average Bonchev–Trinajstić information content (AvgIpc) is 2.09. The van der Waals surface area contributed by atoms with Gasteiger partial charge in [-0.15, -0.1) is 0 Å². The van der Waals surface area contributed by atoms with Crippen molar-refractivity contribution in [3.63, 3.8) is 0 Å². The molecular formula is C9H11F2NO. The Labute approximate surface area is 75.0 Å². The molecule has 0 bridgehead atoms. The molecule has 3 N–H and O–H groups in total. The van der Waals surface area contributed by atoms with Gasteiger partial charge in [0.15, 0.2) is 0 Å². The summed E-state index contributed by atoms with van der Waals surface area (Å²) in [5.41, 5.74) is 5.35. The Morgan fingerprint density at radius 3 is 2.23 bits per heavy atom. The quantitative estimate of drug-likeness (QED) is 0.753. The molecule has 13 heavy (non-hydrogen) atoms. The summed E-state index contributed by atoms with van der Waals surface area (Å²) in [6.07, 6.45) is -0.385. The van der Waals surface area contributed by atoms with Gasteiger partial charge in [0.2, 0.25) is 0 Å². The Morgan fingerprint density at radius 2 is 1.77 bits per heavy atom. The van der Waals surface area contributed by atoms with Crippen LogP contribution >= 0.6 is 0 Å². The van der Waals surface area contributed by atoms with Gasteiger partial charge in [0.1, 0.15) is 5.75 Å². The Hall–Kier alpha value is -1.16. The topological polar surface area (TPSA) is 46.2 Å². The van der Waals surface area contributed by atoms with E-state index < -0.39 is 12.5 Å². The molecule has 0 heterocycles. The second kappa shape index (κ2) is 3.70. The molecule has 0 unspecified atom stereocenters. The van der Waals surface area contributed by atoms with Gasteiger partial charge in [-0.2, -0.15) is 0 Å². The molecule has 1 aromatic rings. The Morgan fingerprint density at radius 1 is 1.23 bits per heavy atom. The fourth-order valence-corrected chi connectivity index (χ4v) is 0.985. The first-order chi connectivity index (χ1) is 6.03. The van der Waals surface area contributed by atoms with Crippen LogP contribution < -0.4 is 5.73 Å². The molecule has 0 aromatic heterocycles. The van der Waals surface area contributed by atoms with Crippen LogP contribution in [0.3, 0.4) is 0 Å². The summed E-state index contributed by atoms with van der Waals surface area (Å²) in [5.74, 6) is -2.79. The maximum Gasteiger partial charge on any atom is 0.264 e. The van der Waals surface area contributed by atoms with E-state index in [1.165, 1.54) is 24.3 Å². The van der Waals surface area contributed by atoms with E-state index >= 15 is 0 Å². The summed E-state index contributed by atoms with van der Waals surface area (Å²) in [6.45, 7) is -0.659. The molecule has 0 amide bonds. The molecule has 0 saturated carbocycles. The number of aromatic hydroxyl groups is 1. The molecule has 0 fully saturated rings. The van der Waals surface area contributed by atoms with Crippen molar-refractivity contribution in [1.29, 1.82) is 0 Å². The SMILES string of the molecule is NCC(F)(F)Cc1ccc(O)cc1. The van der Waals surface area contributed by atoms with Crippen molar-refractivity contribution in [3.05, 3.63) is 29.8 Å². The number of benzene rings is 1. The molecule has 72 valence electrons. The van der Waals surface area contributed by atoms with Gasteiger partial charge in [-0.1, -0.05) is 12.1 Å². The van der Waals surface area contributed by atoms with E-state index in [0.717, 1.165) is 0 Å². The van der Waals surface area contributed by atoms with E-state index in [4.69, 9.17) is 10.8 Å². The lowest BCUT2D eigenvalue weighted by Gasteiger charge is -2.13. The number of phenolic OH excluding ortho intramolecular Hbond substituents is 1. The lowest BCUT2D eigenvalue weighted by molar-refractivity contribution is 0.0115. The Balaban J connectivity index is 2.69. The fraction of sp³-hybridized carbons (Fsp3) is 0.333. The molecule has 0 aliphatic heterocycles. The van der Waals surface area contributed by atoms with Crippen LogP contribution in [-0.2, 0) is 6.42 Å². The predicted molar refractivity (Wildman–Crippen MR) is 45.8 cm³/mol. The lowest BCUT2D eigenvalue weighted by Crippen LogP contribution is -2.30. The van der Waals surface area contributed by atoms with Crippen molar-refractivity contribution in [2.45, 2.75) is 12.3 Å². The van der Waals surface area contributed by atoms with Gasteiger partial charge in [-0.3, -0.25) is 0 Å². The summed E-state index contributed by atoms with van der Waals surface area (Å²) >= 11 is 0. The molecule has 1 rings (SSSR count). The molecule has 0 atom stereocenters. The monoisotopic (exact) mass is 187 g/mol. The highest BCUT2D eigenvalue weighted by atomic mass is 19.3. The zero-order valence-corrected chi connectivity index (χ0v) is 7.00. The summed E-state index contributed by atoms with van der Waals surface area (Å²) in [5, 5.41) is 8.90. The van der Waals surface area contributed by atoms with Crippen molar-refractivity contribution < 1.29 is 13.9 Å². The van der Waals surface area contributed by atoms with E-state index in [-0.39, 0.29) is 12.2 Å². The second-order valence-corrected chi connectivity index (χ2v) is 2.90. The third-order valence-corrected chi connectivity index (χ3v) is 1.70. The molecule has 4 heteroatoms. The van der Waals surface area contributed by atoms with Gasteiger partial charge in [0.05, 0.1) is 6.54 Å². The minimum Gasteiger partial charge on any atom is -0.508 e.